The van der Waals surface area contributed by atoms with Crippen LogP contribution in [0.4, 0.5) is 5.69 Å². The van der Waals surface area contributed by atoms with E-state index in [2.05, 4.69) is 41.0 Å². The summed E-state index contributed by atoms with van der Waals surface area (Å²) in [6.07, 6.45) is 5.65. The summed E-state index contributed by atoms with van der Waals surface area (Å²) in [6, 6.07) is 8.53. The number of nitrogens with zero attached hydrogens (tertiary/aromatic N) is 3. The maximum atomic E-state index is 12.9. The summed E-state index contributed by atoms with van der Waals surface area (Å²) in [5.41, 5.74) is 2.29. The third-order valence-electron chi connectivity index (χ3n) is 6.77. The Morgan fingerprint density at radius 3 is 2.29 bits per heavy atom. The highest BCUT2D eigenvalue weighted by Gasteiger charge is 2.51. The molecule has 6 heteroatoms. The number of carbonyl (C=O) groups excluding carboxylic acids is 2. The first-order chi connectivity index (χ1) is 13.1. The highest BCUT2D eigenvalue weighted by atomic mass is 35.5. The van der Waals surface area contributed by atoms with Crippen LogP contribution in [0.1, 0.15) is 44.1 Å². The van der Waals surface area contributed by atoms with E-state index in [1.807, 2.05) is 0 Å². The average Bonchev–Trinajstić information content (AvgIpc) is 2.91. The number of likely N-dealkylation sites (tertiary alicyclic amines) is 1. The fraction of sp³-hybridized carbons (Fsp3) is 0.636. The molecule has 2 saturated heterocycles. The standard InChI is InChI=1S/C22H31N3O2.ClH/c1-18-7-3-4-8-19(18)24-14-11-23(12-15-24)13-16-25-20(26)17-22(21(25)27)9-5-2-6-10-22;/h3-4,7-8H,2,5-6,9-17H2,1H3;1H. The monoisotopic (exact) mass is 405 g/mol. The number of hydrogen-bond acceptors (Lipinski definition) is 4. The Morgan fingerprint density at radius 1 is 0.929 bits per heavy atom. The molecule has 1 aromatic rings. The third-order valence-corrected chi connectivity index (χ3v) is 6.77. The van der Waals surface area contributed by atoms with Gasteiger partial charge in [0.05, 0.1) is 5.41 Å². The molecule has 154 valence electrons. The first-order valence-electron chi connectivity index (χ1n) is 10.5. The molecule has 0 unspecified atom stereocenters. The largest absolute Gasteiger partial charge is 0.369 e. The molecule has 1 spiro atoms. The zero-order valence-electron chi connectivity index (χ0n) is 16.9. The van der Waals surface area contributed by atoms with Crippen LogP contribution >= 0.6 is 12.4 Å². The molecule has 2 aliphatic heterocycles. The van der Waals surface area contributed by atoms with Crippen LogP contribution in [0.3, 0.4) is 0 Å². The van der Waals surface area contributed by atoms with Crippen LogP contribution in [0.2, 0.25) is 0 Å². The first kappa shape index (κ1) is 21.1. The fourth-order valence-corrected chi connectivity index (χ4v) is 5.08. The average molecular weight is 406 g/mol. The Labute approximate surface area is 174 Å². The molecule has 0 N–H and O–H groups in total. The summed E-state index contributed by atoms with van der Waals surface area (Å²) in [5.74, 6) is 0.172. The minimum Gasteiger partial charge on any atom is -0.369 e. The minimum atomic E-state index is -0.348. The number of rotatable bonds is 4. The van der Waals surface area contributed by atoms with Gasteiger partial charge in [-0.3, -0.25) is 19.4 Å². The first-order valence-corrected chi connectivity index (χ1v) is 10.5. The van der Waals surface area contributed by atoms with Gasteiger partial charge in [0.2, 0.25) is 11.8 Å². The number of hydrogen-bond donors (Lipinski definition) is 0. The Bertz CT molecular complexity index is 709. The van der Waals surface area contributed by atoms with Gasteiger partial charge >= 0.3 is 0 Å². The predicted molar refractivity (Wildman–Crippen MR) is 114 cm³/mol. The van der Waals surface area contributed by atoms with Crippen molar-refractivity contribution < 1.29 is 9.59 Å². The van der Waals surface area contributed by atoms with E-state index in [0.29, 0.717) is 13.0 Å². The second-order valence-electron chi connectivity index (χ2n) is 8.48. The van der Waals surface area contributed by atoms with Crippen LogP contribution in [0.25, 0.3) is 0 Å². The van der Waals surface area contributed by atoms with Crippen molar-refractivity contribution in [2.45, 2.75) is 45.4 Å². The van der Waals surface area contributed by atoms with Crippen molar-refractivity contribution in [2.75, 3.05) is 44.2 Å². The number of amides is 2. The number of anilines is 1. The second kappa shape index (κ2) is 8.83. The normalized spacial score (nSPS) is 22.6. The lowest BCUT2D eigenvalue weighted by molar-refractivity contribution is -0.142. The van der Waals surface area contributed by atoms with Crippen molar-refractivity contribution in [3.63, 3.8) is 0 Å². The third kappa shape index (κ3) is 4.06. The van der Waals surface area contributed by atoms with E-state index >= 15 is 0 Å². The Kier molecular flexibility index (Phi) is 6.66. The second-order valence-corrected chi connectivity index (χ2v) is 8.48. The van der Waals surface area contributed by atoms with Crippen LogP contribution in [0.5, 0.6) is 0 Å². The zero-order valence-corrected chi connectivity index (χ0v) is 17.7. The van der Waals surface area contributed by atoms with Crippen molar-refractivity contribution >= 4 is 29.9 Å². The summed E-state index contributed by atoms with van der Waals surface area (Å²) in [6.45, 7) is 7.48. The van der Waals surface area contributed by atoms with Crippen molar-refractivity contribution in [3.8, 4) is 0 Å². The van der Waals surface area contributed by atoms with Crippen molar-refractivity contribution in [1.29, 1.82) is 0 Å². The summed E-state index contributed by atoms with van der Waals surface area (Å²) < 4.78 is 0. The van der Waals surface area contributed by atoms with Crippen LogP contribution in [-0.2, 0) is 9.59 Å². The molecule has 2 heterocycles. The number of imide groups is 1. The quantitative estimate of drug-likeness (QED) is 0.721. The molecular weight excluding hydrogens is 374 g/mol. The lowest BCUT2D eigenvalue weighted by Gasteiger charge is -2.37. The maximum Gasteiger partial charge on any atom is 0.235 e. The van der Waals surface area contributed by atoms with E-state index in [-0.39, 0.29) is 29.6 Å². The van der Waals surface area contributed by atoms with Gasteiger partial charge in [0.25, 0.3) is 0 Å². The molecule has 0 bridgehead atoms. The molecule has 1 saturated carbocycles. The van der Waals surface area contributed by atoms with Crippen LogP contribution in [-0.4, -0.2) is 60.9 Å². The lowest BCUT2D eigenvalue weighted by Crippen LogP contribution is -2.49. The molecule has 5 nitrogen and oxygen atoms in total. The lowest BCUT2D eigenvalue weighted by atomic mass is 9.73. The van der Waals surface area contributed by atoms with Crippen molar-refractivity contribution in [2.24, 2.45) is 5.41 Å². The molecule has 3 fully saturated rings. The summed E-state index contributed by atoms with van der Waals surface area (Å²) in [5, 5.41) is 0. The predicted octanol–water partition coefficient (Wildman–Crippen LogP) is 3.25. The fourth-order valence-electron chi connectivity index (χ4n) is 5.08. The smallest absolute Gasteiger partial charge is 0.235 e. The van der Waals surface area contributed by atoms with Gasteiger partial charge in [-0.1, -0.05) is 37.5 Å². The van der Waals surface area contributed by atoms with Gasteiger partial charge in [-0.2, -0.15) is 0 Å². The van der Waals surface area contributed by atoms with Crippen molar-refractivity contribution in [1.82, 2.24) is 9.80 Å². The van der Waals surface area contributed by atoms with Gasteiger partial charge in [-0.05, 0) is 31.4 Å². The minimum absolute atomic E-state index is 0. The maximum absolute atomic E-state index is 12.9. The van der Waals surface area contributed by atoms with Gasteiger partial charge in [0, 0.05) is 51.4 Å². The molecule has 4 rings (SSSR count). The van der Waals surface area contributed by atoms with Crippen LogP contribution in [0.15, 0.2) is 24.3 Å². The van der Waals surface area contributed by atoms with E-state index in [0.717, 1.165) is 58.4 Å². The molecule has 28 heavy (non-hydrogen) atoms. The van der Waals surface area contributed by atoms with E-state index in [1.165, 1.54) is 17.7 Å². The van der Waals surface area contributed by atoms with Crippen LogP contribution in [0, 0.1) is 12.3 Å². The molecule has 0 atom stereocenters. The summed E-state index contributed by atoms with van der Waals surface area (Å²) in [4.78, 5) is 31.8. The van der Waals surface area contributed by atoms with E-state index < -0.39 is 0 Å². The number of benzene rings is 1. The van der Waals surface area contributed by atoms with Gasteiger partial charge in [0.15, 0.2) is 0 Å². The molecule has 0 radical (unpaired) electrons. The van der Waals surface area contributed by atoms with Gasteiger partial charge in [-0.25, -0.2) is 0 Å². The van der Waals surface area contributed by atoms with Crippen molar-refractivity contribution in [3.05, 3.63) is 29.8 Å². The highest BCUT2D eigenvalue weighted by molar-refractivity contribution is 6.05. The number of piperazine rings is 1. The summed E-state index contributed by atoms with van der Waals surface area (Å²) in [7, 11) is 0. The van der Waals surface area contributed by atoms with Gasteiger partial charge in [-0.15, -0.1) is 12.4 Å². The summed E-state index contributed by atoms with van der Waals surface area (Å²) >= 11 is 0. The molecule has 0 aromatic heterocycles. The van der Waals surface area contributed by atoms with Gasteiger partial charge in [0.1, 0.15) is 0 Å². The van der Waals surface area contributed by atoms with Crippen LogP contribution < -0.4 is 4.90 Å². The van der Waals surface area contributed by atoms with E-state index in [9.17, 15) is 9.59 Å². The number of aryl methyl sites for hydroxylation is 1. The number of carbonyl (C=O) groups is 2. The molecule has 1 aromatic carbocycles. The number of halogens is 1. The topological polar surface area (TPSA) is 43.9 Å². The Hall–Kier alpha value is -1.59. The Morgan fingerprint density at radius 2 is 1.61 bits per heavy atom. The molecular formula is C22H32ClN3O2. The molecule has 3 aliphatic rings. The van der Waals surface area contributed by atoms with E-state index in [1.54, 1.807) is 4.90 Å². The molecule has 2 amide bonds. The number of para-hydroxylation sites is 1. The van der Waals surface area contributed by atoms with E-state index in [4.69, 9.17) is 0 Å². The Balaban J connectivity index is 0.00000225. The molecule has 1 aliphatic carbocycles. The zero-order chi connectivity index (χ0) is 18.9. The SMILES string of the molecule is Cc1ccccc1N1CCN(CCN2C(=O)CC3(CCCCC3)C2=O)CC1.Cl. The highest BCUT2D eigenvalue weighted by Crippen LogP contribution is 2.45. The van der Waals surface area contributed by atoms with Gasteiger partial charge < -0.3 is 4.90 Å².